The van der Waals surface area contributed by atoms with Gasteiger partial charge in [0.2, 0.25) is 0 Å². The SMILES string of the molecule is C[C@H](Cl)c1nc2ccc(Cl)cc2[nH]1. The average Bonchev–Trinajstić information content (AvgIpc) is 2.46. The Bertz CT molecular complexity index is 434. The highest BCUT2D eigenvalue weighted by Gasteiger charge is 2.07. The zero-order chi connectivity index (χ0) is 9.42. The van der Waals surface area contributed by atoms with Crippen LogP contribution in [0.1, 0.15) is 18.1 Å². The van der Waals surface area contributed by atoms with Crippen LogP contribution < -0.4 is 0 Å². The number of nitrogens with one attached hydrogen (secondary N) is 1. The summed E-state index contributed by atoms with van der Waals surface area (Å²) in [5.74, 6) is 0.777. The Morgan fingerprint density at radius 1 is 1.46 bits per heavy atom. The highest BCUT2D eigenvalue weighted by Crippen LogP contribution is 2.22. The van der Waals surface area contributed by atoms with E-state index in [4.69, 9.17) is 23.2 Å². The number of fused-ring (bicyclic) bond motifs is 1. The Kier molecular flexibility index (Phi) is 2.18. The molecule has 2 rings (SSSR count). The van der Waals surface area contributed by atoms with E-state index in [0.717, 1.165) is 16.9 Å². The van der Waals surface area contributed by atoms with Crippen LogP contribution in [0.4, 0.5) is 0 Å². The fourth-order valence-electron chi connectivity index (χ4n) is 1.19. The molecule has 0 amide bonds. The summed E-state index contributed by atoms with van der Waals surface area (Å²) in [6.07, 6.45) is 0. The minimum Gasteiger partial charge on any atom is -0.341 e. The molecule has 0 bridgehead atoms. The molecule has 2 aromatic rings. The molecule has 1 aromatic heterocycles. The van der Waals surface area contributed by atoms with Crippen molar-refractivity contribution in [3.63, 3.8) is 0 Å². The molecule has 0 spiro atoms. The van der Waals surface area contributed by atoms with Gasteiger partial charge in [-0.25, -0.2) is 4.98 Å². The summed E-state index contributed by atoms with van der Waals surface area (Å²) >= 11 is 11.7. The van der Waals surface area contributed by atoms with E-state index in [9.17, 15) is 0 Å². The van der Waals surface area contributed by atoms with E-state index in [1.165, 1.54) is 0 Å². The zero-order valence-corrected chi connectivity index (χ0v) is 8.52. The molecular weight excluding hydrogens is 207 g/mol. The molecule has 1 atom stereocenters. The molecule has 1 aromatic carbocycles. The maximum absolute atomic E-state index is 5.89. The average molecular weight is 215 g/mol. The van der Waals surface area contributed by atoms with Crippen molar-refractivity contribution in [3.05, 3.63) is 29.0 Å². The normalized spacial score (nSPS) is 13.5. The van der Waals surface area contributed by atoms with Crippen LogP contribution in [0.5, 0.6) is 0 Å². The topological polar surface area (TPSA) is 28.7 Å². The molecule has 0 aliphatic carbocycles. The van der Waals surface area contributed by atoms with Crippen molar-refractivity contribution in [2.24, 2.45) is 0 Å². The van der Waals surface area contributed by atoms with Gasteiger partial charge in [0.05, 0.1) is 16.4 Å². The molecule has 1 N–H and O–H groups in total. The summed E-state index contributed by atoms with van der Waals surface area (Å²) in [6.45, 7) is 1.88. The summed E-state index contributed by atoms with van der Waals surface area (Å²) < 4.78 is 0. The molecule has 1 heterocycles. The van der Waals surface area contributed by atoms with Crippen molar-refractivity contribution < 1.29 is 0 Å². The van der Waals surface area contributed by atoms with Crippen LogP contribution in [0, 0.1) is 0 Å². The minimum atomic E-state index is -0.105. The van der Waals surface area contributed by atoms with Crippen LogP contribution in [-0.2, 0) is 0 Å². The maximum atomic E-state index is 5.89. The van der Waals surface area contributed by atoms with Gasteiger partial charge in [-0.15, -0.1) is 11.6 Å². The number of nitrogens with zero attached hydrogens (tertiary/aromatic N) is 1. The molecule has 0 aliphatic heterocycles. The van der Waals surface area contributed by atoms with Crippen molar-refractivity contribution in [1.82, 2.24) is 9.97 Å². The van der Waals surface area contributed by atoms with Crippen molar-refractivity contribution in [2.45, 2.75) is 12.3 Å². The predicted molar refractivity (Wildman–Crippen MR) is 55.4 cm³/mol. The number of halogens is 2. The number of imidazole rings is 1. The number of benzene rings is 1. The second-order valence-corrected chi connectivity index (χ2v) is 3.99. The molecule has 13 heavy (non-hydrogen) atoms. The van der Waals surface area contributed by atoms with Gasteiger partial charge in [-0.2, -0.15) is 0 Å². The quantitative estimate of drug-likeness (QED) is 0.724. The zero-order valence-electron chi connectivity index (χ0n) is 7.01. The lowest BCUT2D eigenvalue weighted by Crippen LogP contribution is -1.85. The first-order valence-electron chi connectivity index (χ1n) is 3.96. The van der Waals surface area contributed by atoms with E-state index < -0.39 is 0 Å². The summed E-state index contributed by atoms with van der Waals surface area (Å²) in [7, 11) is 0. The molecule has 0 aliphatic rings. The molecule has 0 unspecified atom stereocenters. The van der Waals surface area contributed by atoms with Crippen molar-refractivity contribution in [1.29, 1.82) is 0 Å². The maximum Gasteiger partial charge on any atom is 0.125 e. The summed E-state index contributed by atoms with van der Waals surface area (Å²) in [4.78, 5) is 7.42. The Balaban J connectivity index is 2.62. The van der Waals surface area contributed by atoms with E-state index in [1.54, 1.807) is 0 Å². The van der Waals surface area contributed by atoms with E-state index in [0.29, 0.717) is 5.02 Å². The molecule has 0 saturated carbocycles. The smallest absolute Gasteiger partial charge is 0.125 e. The Morgan fingerprint density at radius 3 is 2.92 bits per heavy atom. The Morgan fingerprint density at radius 2 is 2.23 bits per heavy atom. The first-order chi connectivity index (χ1) is 6.16. The van der Waals surface area contributed by atoms with E-state index in [-0.39, 0.29) is 5.38 Å². The highest BCUT2D eigenvalue weighted by atomic mass is 35.5. The van der Waals surface area contributed by atoms with Crippen LogP contribution in [0.2, 0.25) is 5.02 Å². The number of aromatic nitrogens is 2. The first kappa shape index (κ1) is 8.85. The van der Waals surface area contributed by atoms with Crippen molar-refractivity contribution in [3.8, 4) is 0 Å². The third-order valence-electron chi connectivity index (χ3n) is 1.84. The highest BCUT2D eigenvalue weighted by molar-refractivity contribution is 6.31. The van der Waals surface area contributed by atoms with Crippen LogP contribution >= 0.6 is 23.2 Å². The number of aromatic amines is 1. The predicted octanol–water partition coefficient (Wildman–Crippen LogP) is 3.52. The first-order valence-corrected chi connectivity index (χ1v) is 4.77. The number of alkyl halides is 1. The molecule has 2 nitrogen and oxygen atoms in total. The van der Waals surface area contributed by atoms with Crippen LogP contribution in [-0.4, -0.2) is 9.97 Å². The molecule has 0 radical (unpaired) electrons. The number of H-pyrrole nitrogens is 1. The van der Waals surface area contributed by atoms with E-state index in [1.807, 2.05) is 25.1 Å². The minimum absolute atomic E-state index is 0.105. The monoisotopic (exact) mass is 214 g/mol. The van der Waals surface area contributed by atoms with Gasteiger partial charge in [-0.1, -0.05) is 11.6 Å². The van der Waals surface area contributed by atoms with Gasteiger partial charge in [0.1, 0.15) is 5.82 Å². The van der Waals surface area contributed by atoms with Crippen molar-refractivity contribution >= 4 is 34.2 Å². The van der Waals surface area contributed by atoms with Gasteiger partial charge >= 0.3 is 0 Å². The van der Waals surface area contributed by atoms with Crippen LogP contribution in [0.3, 0.4) is 0 Å². The fraction of sp³-hybridized carbons (Fsp3) is 0.222. The van der Waals surface area contributed by atoms with E-state index >= 15 is 0 Å². The summed E-state index contributed by atoms with van der Waals surface area (Å²) in [5.41, 5.74) is 1.82. The van der Waals surface area contributed by atoms with Gasteiger partial charge in [0.25, 0.3) is 0 Å². The molecule has 0 saturated heterocycles. The van der Waals surface area contributed by atoms with Gasteiger partial charge in [-0.05, 0) is 25.1 Å². The molecular formula is C9H8Cl2N2. The Labute approximate surface area is 85.9 Å². The van der Waals surface area contributed by atoms with Gasteiger partial charge in [0, 0.05) is 5.02 Å². The lowest BCUT2D eigenvalue weighted by Gasteiger charge is -1.93. The van der Waals surface area contributed by atoms with Gasteiger partial charge in [-0.3, -0.25) is 0 Å². The van der Waals surface area contributed by atoms with Crippen LogP contribution in [0.25, 0.3) is 11.0 Å². The molecule has 0 fully saturated rings. The summed E-state index contributed by atoms with van der Waals surface area (Å²) in [5, 5.41) is 0.594. The van der Waals surface area contributed by atoms with Gasteiger partial charge in [0.15, 0.2) is 0 Å². The second kappa shape index (κ2) is 3.20. The number of hydrogen-bond acceptors (Lipinski definition) is 1. The largest absolute Gasteiger partial charge is 0.341 e. The lowest BCUT2D eigenvalue weighted by molar-refractivity contribution is 0.962. The second-order valence-electron chi connectivity index (χ2n) is 2.90. The molecule has 68 valence electrons. The van der Waals surface area contributed by atoms with Crippen LogP contribution in [0.15, 0.2) is 18.2 Å². The standard InChI is InChI=1S/C9H8Cl2N2/c1-5(10)9-12-7-3-2-6(11)4-8(7)13-9/h2-5H,1H3,(H,12,13)/t5-/m0/s1. The van der Waals surface area contributed by atoms with Gasteiger partial charge < -0.3 is 4.98 Å². The third kappa shape index (κ3) is 1.64. The molecule has 4 heteroatoms. The third-order valence-corrected chi connectivity index (χ3v) is 2.28. The number of hydrogen-bond donors (Lipinski definition) is 1. The van der Waals surface area contributed by atoms with Crippen molar-refractivity contribution in [2.75, 3.05) is 0 Å². The number of rotatable bonds is 1. The fourth-order valence-corrected chi connectivity index (χ4v) is 1.47. The lowest BCUT2D eigenvalue weighted by atomic mass is 10.3. The van der Waals surface area contributed by atoms with E-state index in [2.05, 4.69) is 9.97 Å². The Hall–Kier alpha value is -0.730. The summed E-state index contributed by atoms with van der Waals surface area (Å²) in [6, 6.07) is 5.52.